The number of carbonyl (C=O) groups excluding carboxylic acids is 2. The molecule has 1 amide bonds. The highest BCUT2D eigenvalue weighted by molar-refractivity contribution is 5.76. The summed E-state index contributed by atoms with van der Waals surface area (Å²) in [6.07, 6.45) is -2.09. The normalized spacial score (nSPS) is 11.5. The highest BCUT2D eigenvalue weighted by atomic mass is 16.6. The summed E-state index contributed by atoms with van der Waals surface area (Å²) in [7, 11) is 0. The van der Waals surface area contributed by atoms with Gasteiger partial charge in [0, 0.05) is 0 Å². The third kappa shape index (κ3) is 5.87. The fraction of sp³-hybridized carbons (Fsp3) is 0.385. The molecule has 2 N–H and O–H groups in total. The van der Waals surface area contributed by atoms with E-state index in [0.717, 1.165) is 5.56 Å². The van der Waals surface area contributed by atoms with E-state index in [1.54, 1.807) is 6.92 Å². The number of esters is 1. The van der Waals surface area contributed by atoms with Crippen molar-refractivity contribution >= 4 is 12.1 Å². The van der Waals surface area contributed by atoms with Gasteiger partial charge in [0.05, 0.1) is 13.2 Å². The molecule has 0 bridgehead atoms. The van der Waals surface area contributed by atoms with Crippen molar-refractivity contribution in [3.8, 4) is 0 Å². The quantitative estimate of drug-likeness (QED) is 0.746. The SMILES string of the molecule is CCOC(=O)[C@@H](O)CNC(=O)OCc1ccccc1. The zero-order chi connectivity index (χ0) is 14.1. The average Bonchev–Trinajstić information content (AvgIpc) is 2.43. The van der Waals surface area contributed by atoms with Gasteiger partial charge in [-0.2, -0.15) is 0 Å². The third-order valence-corrected chi connectivity index (χ3v) is 2.21. The molecule has 0 heterocycles. The van der Waals surface area contributed by atoms with Crippen molar-refractivity contribution in [2.45, 2.75) is 19.6 Å². The van der Waals surface area contributed by atoms with Crippen LogP contribution >= 0.6 is 0 Å². The highest BCUT2D eigenvalue weighted by Crippen LogP contribution is 2.00. The molecule has 1 atom stereocenters. The topological polar surface area (TPSA) is 84.9 Å². The minimum absolute atomic E-state index is 0.127. The van der Waals surface area contributed by atoms with E-state index in [4.69, 9.17) is 4.74 Å². The Hall–Kier alpha value is -2.08. The Bertz CT molecular complexity index is 407. The Balaban J connectivity index is 2.23. The fourth-order valence-electron chi connectivity index (χ4n) is 1.28. The van der Waals surface area contributed by atoms with Crippen molar-refractivity contribution in [2.75, 3.05) is 13.2 Å². The number of aliphatic hydroxyl groups is 1. The van der Waals surface area contributed by atoms with Gasteiger partial charge in [-0.05, 0) is 12.5 Å². The van der Waals surface area contributed by atoms with Crippen LogP contribution in [0, 0.1) is 0 Å². The average molecular weight is 267 g/mol. The number of hydrogen-bond acceptors (Lipinski definition) is 5. The number of benzene rings is 1. The minimum atomic E-state index is -1.38. The van der Waals surface area contributed by atoms with Gasteiger partial charge in [-0.1, -0.05) is 30.3 Å². The monoisotopic (exact) mass is 267 g/mol. The molecule has 19 heavy (non-hydrogen) atoms. The number of nitrogens with one attached hydrogen (secondary N) is 1. The molecule has 0 spiro atoms. The molecule has 0 saturated carbocycles. The van der Waals surface area contributed by atoms with Gasteiger partial charge in [0.2, 0.25) is 0 Å². The Morgan fingerprint density at radius 2 is 1.95 bits per heavy atom. The van der Waals surface area contributed by atoms with E-state index in [1.807, 2.05) is 30.3 Å². The molecule has 1 aromatic carbocycles. The van der Waals surface area contributed by atoms with Crippen LogP contribution in [0.15, 0.2) is 30.3 Å². The lowest BCUT2D eigenvalue weighted by atomic mass is 10.2. The van der Waals surface area contributed by atoms with Crippen LogP contribution < -0.4 is 5.32 Å². The predicted molar refractivity (Wildman–Crippen MR) is 67.3 cm³/mol. The van der Waals surface area contributed by atoms with Crippen LogP contribution in [0.2, 0.25) is 0 Å². The molecule has 104 valence electrons. The fourth-order valence-corrected chi connectivity index (χ4v) is 1.28. The standard InChI is InChI=1S/C13H17NO5/c1-2-18-12(16)11(15)8-14-13(17)19-9-10-6-4-3-5-7-10/h3-7,11,15H,2,8-9H2,1H3,(H,14,17)/t11-/m0/s1. The molecular weight excluding hydrogens is 250 g/mol. The second kappa shape index (κ2) is 8.10. The number of rotatable bonds is 6. The largest absolute Gasteiger partial charge is 0.464 e. The zero-order valence-electron chi connectivity index (χ0n) is 10.7. The first kappa shape index (κ1) is 15.0. The molecule has 0 aliphatic heterocycles. The first-order valence-electron chi connectivity index (χ1n) is 5.92. The molecule has 1 aromatic rings. The maximum Gasteiger partial charge on any atom is 0.407 e. The Morgan fingerprint density at radius 3 is 2.58 bits per heavy atom. The van der Waals surface area contributed by atoms with Crippen molar-refractivity contribution in [1.82, 2.24) is 5.32 Å². The Labute approximate surface area is 111 Å². The minimum Gasteiger partial charge on any atom is -0.464 e. The maximum atomic E-state index is 11.3. The Kier molecular flexibility index (Phi) is 6.38. The molecule has 0 aliphatic carbocycles. The molecule has 0 saturated heterocycles. The van der Waals surface area contributed by atoms with Crippen LogP contribution in [0.25, 0.3) is 0 Å². The van der Waals surface area contributed by atoms with Crippen LogP contribution in [-0.4, -0.2) is 36.4 Å². The lowest BCUT2D eigenvalue weighted by molar-refractivity contribution is -0.152. The second-order valence-corrected chi connectivity index (χ2v) is 3.71. The number of hydrogen-bond donors (Lipinski definition) is 2. The molecule has 0 aliphatic rings. The summed E-state index contributed by atoms with van der Waals surface area (Å²) in [5.41, 5.74) is 0.851. The summed E-state index contributed by atoms with van der Waals surface area (Å²) in [4.78, 5) is 22.4. The summed E-state index contributed by atoms with van der Waals surface area (Å²) < 4.78 is 9.49. The first-order chi connectivity index (χ1) is 9.13. The van der Waals surface area contributed by atoms with Crippen molar-refractivity contribution < 1.29 is 24.2 Å². The summed E-state index contributed by atoms with van der Waals surface area (Å²) in [6, 6.07) is 9.17. The number of amides is 1. The van der Waals surface area contributed by atoms with Gasteiger partial charge in [-0.3, -0.25) is 0 Å². The van der Waals surface area contributed by atoms with Gasteiger partial charge >= 0.3 is 12.1 Å². The van der Waals surface area contributed by atoms with Crippen molar-refractivity contribution in [2.24, 2.45) is 0 Å². The predicted octanol–water partition coefficient (Wildman–Crippen LogP) is 0.837. The van der Waals surface area contributed by atoms with E-state index in [-0.39, 0.29) is 19.8 Å². The van der Waals surface area contributed by atoms with Crippen molar-refractivity contribution in [3.05, 3.63) is 35.9 Å². The van der Waals surface area contributed by atoms with Crippen molar-refractivity contribution in [1.29, 1.82) is 0 Å². The molecule has 0 unspecified atom stereocenters. The number of alkyl carbamates (subject to hydrolysis) is 1. The highest BCUT2D eigenvalue weighted by Gasteiger charge is 2.17. The van der Waals surface area contributed by atoms with Gasteiger partial charge in [0.1, 0.15) is 6.61 Å². The van der Waals surface area contributed by atoms with E-state index in [0.29, 0.717) is 0 Å². The first-order valence-corrected chi connectivity index (χ1v) is 5.92. The number of aliphatic hydroxyl groups excluding tert-OH is 1. The number of carbonyl (C=O) groups is 2. The van der Waals surface area contributed by atoms with Gasteiger partial charge in [0.25, 0.3) is 0 Å². The zero-order valence-corrected chi connectivity index (χ0v) is 10.7. The van der Waals surface area contributed by atoms with Crippen LogP contribution in [0.5, 0.6) is 0 Å². The molecule has 6 heteroatoms. The van der Waals surface area contributed by atoms with Crippen LogP contribution in [0.1, 0.15) is 12.5 Å². The van der Waals surface area contributed by atoms with Crippen LogP contribution in [0.3, 0.4) is 0 Å². The van der Waals surface area contributed by atoms with Gasteiger partial charge in [-0.25, -0.2) is 9.59 Å². The lowest BCUT2D eigenvalue weighted by Crippen LogP contribution is -2.37. The molecule has 0 fully saturated rings. The maximum absolute atomic E-state index is 11.3. The Morgan fingerprint density at radius 1 is 1.26 bits per heavy atom. The summed E-state index contributed by atoms with van der Waals surface area (Å²) in [5.74, 6) is -0.772. The smallest absolute Gasteiger partial charge is 0.407 e. The molecular formula is C13H17NO5. The molecule has 0 radical (unpaired) electrons. The summed E-state index contributed by atoms with van der Waals surface area (Å²) in [5, 5.41) is 11.6. The number of ether oxygens (including phenoxy) is 2. The van der Waals surface area contributed by atoms with E-state index >= 15 is 0 Å². The van der Waals surface area contributed by atoms with E-state index in [2.05, 4.69) is 10.1 Å². The van der Waals surface area contributed by atoms with Gasteiger partial charge in [-0.15, -0.1) is 0 Å². The van der Waals surface area contributed by atoms with E-state index in [9.17, 15) is 14.7 Å². The summed E-state index contributed by atoms with van der Waals surface area (Å²) >= 11 is 0. The summed E-state index contributed by atoms with van der Waals surface area (Å²) in [6.45, 7) is 1.69. The molecule has 1 rings (SSSR count). The van der Waals surface area contributed by atoms with Gasteiger partial charge < -0.3 is 19.9 Å². The van der Waals surface area contributed by atoms with Gasteiger partial charge in [0.15, 0.2) is 6.10 Å². The van der Waals surface area contributed by atoms with Crippen molar-refractivity contribution in [3.63, 3.8) is 0 Å². The van der Waals surface area contributed by atoms with Crippen LogP contribution in [0.4, 0.5) is 4.79 Å². The van der Waals surface area contributed by atoms with Crippen LogP contribution in [-0.2, 0) is 20.9 Å². The second-order valence-electron chi connectivity index (χ2n) is 3.71. The van der Waals surface area contributed by atoms with E-state index in [1.165, 1.54) is 0 Å². The molecule has 0 aromatic heterocycles. The third-order valence-electron chi connectivity index (χ3n) is 2.21. The van der Waals surface area contributed by atoms with E-state index < -0.39 is 18.2 Å². The molecule has 6 nitrogen and oxygen atoms in total. The lowest BCUT2D eigenvalue weighted by Gasteiger charge is -2.11.